The Morgan fingerprint density at radius 1 is 1.08 bits per heavy atom. The van der Waals surface area contributed by atoms with Gasteiger partial charge in [0, 0.05) is 6.20 Å². The quantitative estimate of drug-likeness (QED) is 0.767. The first kappa shape index (κ1) is 17.0. The topological polar surface area (TPSA) is 71.3 Å². The first-order valence-electron chi connectivity index (χ1n) is 8.33. The first-order chi connectivity index (χ1) is 11.9. The molecule has 0 aliphatic heterocycles. The van der Waals surface area contributed by atoms with Gasteiger partial charge in [-0.15, -0.1) is 10.2 Å². The third-order valence-corrected chi connectivity index (χ3v) is 4.07. The summed E-state index contributed by atoms with van der Waals surface area (Å²) in [4.78, 5) is 12.4. The van der Waals surface area contributed by atoms with Crippen molar-refractivity contribution in [3.05, 3.63) is 66.1 Å². The van der Waals surface area contributed by atoms with E-state index in [2.05, 4.69) is 41.6 Å². The molecule has 2 aromatic heterocycles. The smallest absolute Gasteiger partial charge is 0.315 e. The zero-order valence-corrected chi connectivity index (χ0v) is 14.7. The van der Waals surface area contributed by atoms with Gasteiger partial charge in [0.15, 0.2) is 11.5 Å². The van der Waals surface area contributed by atoms with Gasteiger partial charge in [-0.1, -0.05) is 57.2 Å². The normalized spacial score (nSPS) is 12.8. The molecule has 0 aliphatic rings. The van der Waals surface area contributed by atoms with E-state index in [-0.39, 0.29) is 17.5 Å². The van der Waals surface area contributed by atoms with Crippen molar-refractivity contribution in [2.75, 3.05) is 0 Å². The fourth-order valence-corrected chi connectivity index (χ4v) is 2.80. The predicted molar refractivity (Wildman–Crippen MR) is 97.0 cm³/mol. The van der Waals surface area contributed by atoms with Gasteiger partial charge < -0.3 is 10.6 Å². The van der Waals surface area contributed by atoms with Crippen molar-refractivity contribution in [3.63, 3.8) is 0 Å². The van der Waals surface area contributed by atoms with Gasteiger partial charge in [-0.2, -0.15) is 0 Å². The number of hydrogen-bond donors (Lipinski definition) is 2. The summed E-state index contributed by atoms with van der Waals surface area (Å²) in [6, 6.07) is 15.4. The molecule has 0 aliphatic carbocycles. The number of amides is 2. The van der Waals surface area contributed by atoms with Crippen molar-refractivity contribution in [3.8, 4) is 0 Å². The number of aromatic nitrogens is 3. The number of fused-ring (bicyclic) bond motifs is 1. The van der Waals surface area contributed by atoms with Crippen LogP contribution < -0.4 is 10.6 Å². The lowest BCUT2D eigenvalue weighted by Crippen LogP contribution is -2.42. The van der Waals surface area contributed by atoms with E-state index >= 15 is 0 Å². The Morgan fingerprint density at radius 2 is 1.80 bits per heavy atom. The predicted octanol–water partition coefficient (Wildman–Crippen LogP) is 3.32. The van der Waals surface area contributed by atoms with Gasteiger partial charge in [0.25, 0.3) is 0 Å². The molecular formula is C19H23N5O. The van der Waals surface area contributed by atoms with E-state index in [0.29, 0.717) is 12.4 Å². The second kappa shape index (κ2) is 6.93. The van der Waals surface area contributed by atoms with Crippen molar-refractivity contribution in [2.24, 2.45) is 5.41 Å². The number of hydrogen-bond acceptors (Lipinski definition) is 3. The van der Waals surface area contributed by atoms with Crippen LogP contribution in [0.2, 0.25) is 0 Å². The van der Waals surface area contributed by atoms with E-state index in [9.17, 15) is 4.79 Å². The maximum absolute atomic E-state index is 12.4. The lowest BCUT2D eigenvalue weighted by Gasteiger charge is -2.32. The average molecular weight is 337 g/mol. The fourth-order valence-electron chi connectivity index (χ4n) is 2.80. The Labute approximate surface area is 147 Å². The molecule has 6 nitrogen and oxygen atoms in total. The van der Waals surface area contributed by atoms with Crippen LogP contribution in [-0.2, 0) is 6.54 Å². The zero-order chi connectivity index (χ0) is 17.9. The van der Waals surface area contributed by atoms with Gasteiger partial charge >= 0.3 is 6.03 Å². The molecule has 2 amide bonds. The van der Waals surface area contributed by atoms with Gasteiger partial charge in [0.2, 0.25) is 0 Å². The van der Waals surface area contributed by atoms with E-state index in [0.717, 1.165) is 11.2 Å². The maximum Gasteiger partial charge on any atom is 0.315 e. The number of pyridine rings is 1. The molecule has 1 atom stereocenters. The highest BCUT2D eigenvalue weighted by atomic mass is 16.2. The van der Waals surface area contributed by atoms with Crippen LogP contribution in [0.4, 0.5) is 4.79 Å². The molecule has 2 N–H and O–H groups in total. The summed E-state index contributed by atoms with van der Waals surface area (Å²) < 4.78 is 1.86. The van der Waals surface area contributed by atoms with Crippen molar-refractivity contribution < 1.29 is 4.79 Å². The summed E-state index contributed by atoms with van der Waals surface area (Å²) in [5.41, 5.74) is 1.73. The monoisotopic (exact) mass is 337 g/mol. The first-order valence-corrected chi connectivity index (χ1v) is 8.33. The van der Waals surface area contributed by atoms with Crippen LogP contribution in [0.15, 0.2) is 54.7 Å². The minimum atomic E-state index is -0.226. The average Bonchev–Trinajstić information content (AvgIpc) is 3.01. The molecule has 3 aromatic rings. The number of carbonyl (C=O) groups excluding carboxylic acids is 1. The molecule has 0 saturated carbocycles. The molecule has 3 rings (SSSR count). The number of carbonyl (C=O) groups is 1. The van der Waals surface area contributed by atoms with E-state index < -0.39 is 0 Å². The standard InChI is InChI=1S/C19H23N5O/c1-19(2,3)17(14-9-5-4-6-10-14)21-18(25)20-13-16-23-22-15-11-7-8-12-24(15)16/h4-12,17H,13H2,1-3H3,(H2,20,21,25). The summed E-state index contributed by atoms with van der Waals surface area (Å²) in [6.45, 7) is 6.63. The lowest BCUT2D eigenvalue weighted by atomic mass is 9.82. The van der Waals surface area contributed by atoms with Crippen LogP contribution in [0.3, 0.4) is 0 Å². The maximum atomic E-state index is 12.4. The van der Waals surface area contributed by atoms with Gasteiger partial charge in [-0.25, -0.2) is 4.79 Å². The number of nitrogens with one attached hydrogen (secondary N) is 2. The molecule has 0 saturated heterocycles. The van der Waals surface area contributed by atoms with E-state index in [1.54, 1.807) is 0 Å². The Morgan fingerprint density at radius 3 is 2.52 bits per heavy atom. The largest absolute Gasteiger partial charge is 0.331 e. The Hall–Kier alpha value is -2.89. The van der Waals surface area contributed by atoms with Gasteiger partial charge in [-0.05, 0) is 23.1 Å². The Balaban J connectivity index is 1.68. The molecule has 2 heterocycles. The summed E-state index contributed by atoms with van der Waals surface area (Å²) in [6.07, 6.45) is 1.88. The second-order valence-electron chi connectivity index (χ2n) is 7.08. The SMILES string of the molecule is CC(C)(C)C(NC(=O)NCc1nnc2ccccn12)c1ccccc1. The molecule has 25 heavy (non-hydrogen) atoms. The minimum absolute atomic E-state index is 0.0937. The van der Waals surface area contributed by atoms with E-state index in [1.807, 2.05) is 59.1 Å². The van der Waals surface area contributed by atoms with E-state index in [4.69, 9.17) is 0 Å². The Bertz CT molecular complexity index is 851. The highest BCUT2D eigenvalue weighted by molar-refractivity contribution is 5.74. The molecule has 0 bridgehead atoms. The summed E-state index contributed by atoms with van der Waals surface area (Å²) in [5, 5.41) is 14.2. The lowest BCUT2D eigenvalue weighted by molar-refractivity contribution is 0.218. The van der Waals surface area contributed by atoms with Gasteiger partial charge in [-0.3, -0.25) is 4.40 Å². The molecule has 1 unspecified atom stereocenters. The Kier molecular flexibility index (Phi) is 4.70. The molecule has 0 radical (unpaired) electrons. The van der Waals surface area contributed by atoms with Gasteiger partial charge in [0.1, 0.15) is 0 Å². The summed E-state index contributed by atoms with van der Waals surface area (Å²) in [7, 11) is 0. The number of benzene rings is 1. The summed E-state index contributed by atoms with van der Waals surface area (Å²) in [5.74, 6) is 0.692. The fraction of sp³-hybridized carbons (Fsp3) is 0.316. The van der Waals surface area contributed by atoms with Gasteiger partial charge in [0.05, 0.1) is 12.6 Å². The minimum Gasteiger partial charge on any atom is -0.331 e. The van der Waals surface area contributed by atoms with E-state index in [1.165, 1.54) is 0 Å². The molecule has 1 aromatic carbocycles. The van der Waals surface area contributed by atoms with Crippen molar-refractivity contribution in [1.82, 2.24) is 25.2 Å². The number of urea groups is 1. The van der Waals surface area contributed by atoms with Crippen LogP contribution in [0.5, 0.6) is 0 Å². The molecule has 6 heteroatoms. The molecule has 0 spiro atoms. The highest BCUT2D eigenvalue weighted by Gasteiger charge is 2.27. The molecular weight excluding hydrogens is 314 g/mol. The van der Waals surface area contributed by atoms with Crippen LogP contribution in [-0.4, -0.2) is 20.6 Å². The highest BCUT2D eigenvalue weighted by Crippen LogP contribution is 2.32. The third-order valence-electron chi connectivity index (χ3n) is 4.07. The van der Waals surface area contributed by atoms with Crippen molar-refractivity contribution >= 4 is 11.7 Å². The second-order valence-corrected chi connectivity index (χ2v) is 7.08. The van der Waals surface area contributed by atoms with Crippen molar-refractivity contribution in [1.29, 1.82) is 0 Å². The van der Waals surface area contributed by atoms with Crippen LogP contribution in [0.25, 0.3) is 5.65 Å². The van der Waals surface area contributed by atoms with Crippen LogP contribution in [0.1, 0.15) is 38.2 Å². The number of rotatable bonds is 4. The number of nitrogens with zero attached hydrogens (tertiary/aromatic N) is 3. The third kappa shape index (κ3) is 3.96. The zero-order valence-electron chi connectivity index (χ0n) is 14.7. The molecule has 0 fully saturated rings. The van der Waals surface area contributed by atoms with Crippen LogP contribution in [0, 0.1) is 5.41 Å². The van der Waals surface area contributed by atoms with Crippen LogP contribution >= 0.6 is 0 Å². The van der Waals surface area contributed by atoms with Crippen molar-refractivity contribution in [2.45, 2.75) is 33.4 Å². The summed E-state index contributed by atoms with van der Waals surface area (Å²) >= 11 is 0. The molecule has 130 valence electrons.